The third-order valence-electron chi connectivity index (χ3n) is 7.02. The molecule has 41 heavy (non-hydrogen) atoms. The zero-order valence-electron chi connectivity index (χ0n) is 23.8. The lowest BCUT2D eigenvalue weighted by Gasteiger charge is -2.38. The summed E-state index contributed by atoms with van der Waals surface area (Å²) in [5.74, 6) is 0.273. The Balaban J connectivity index is 1.56. The lowest BCUT2D eigenvalue weighted by molar-refractivity contribution is 0.0371. The van der Waals surface area contributed by atoms with Gasteiger partial charge in [-0.25, -0.2) is 9.59 Å². The zero-order valence-corrected chi connectivity index (χ0v) is 23.8. The number of carbonyl (C=O) groups is 3. The summed E-state index contributed by atoms with van der Waals surface area (Å²) in [6.07, 6.45) is -0.469. The monoisotopic (exact) mass is 564 g/mol. The van der Waals surface area contributed by atoms with E-state index in [0.717, 1.165) is 0 Å². The molecule has 2 heterocycles. The molecule has 1 aromatic heterocycles. The highest BCUT2D eigenvalue weighted by atomic mass is 16.5. The van der Waals surface area contributed by atoms with Gasteiger partial charge in [-0.3, -0.25) is 4.79 Å². The predicted octanol–water partition coefficient (Wildman–Crippen LogP) is 4.32. The molecule has 4 rings (SSSR count). The molecule has 0 fully saturated rings. The standard InChI is InChI=1S/C29H36N6O6/c1-17-14-35(18(2)16-36)27(37)23-13-22(30-28(38)32-26-19(3)33-41-20(26)4)11-12-24(23)40-25(17)15-34(5)29(39)31-21-9-7-6-8-10-21/h6-13,17-18,25,36H,14-16H2,1-5H3,(H,31,39)(H2,30,32,38)/t17-,18+,25-/m1/s1. The van der Waals surface area contributed by atoms with Crippen LogP contribution >= 0.6 is 0 Å². The van der Waals surface area contributed by atoms with E-state index in [-0.39, 0.29) is 36.6 Å². The Kier molecular flexibility index (Phi) is 9.13. The van der Waals surface area contributed by atoms with Gasteiger partial charge in [-0.1, -0.05) is 30.3 Å². The van der Waals surface area contributed by atoms with Gasteiger partial charge >= 0.3 is 12.1 Å². The number of benzene rings is 2. The maximum atomic E-state index is 13.7. The van der Waals surface area contributed by atoms with Crippen molar-refractivity contribution in [3.8, 4) is 5.75 Å². The Labute approximate surface area is 238 Å². The van der Waals surface area contributed by atoms with Gasteiger partial charge in [0.2, 0.25) is 0 Å². The summed E-state index contributed by atoms with van der Waals surface area (Å²) in [7, 11) is 1.68. The second-order valence-corrected chi connectivity index (χ2v) is 10.3. The first kappa shape index (κ1) is 29.4. The number of aryl methyl sites for hydroxylation is 2. The maximum Gasteiger partial charge on any atom is 0.323 e. The van der Waals surface area contributed by atoms with E-state index in [1.54, 1.807) is 63.1 Å². The second kappa shape index (κ2) is 12.7. The fraction of sp³-hybridized carbons (Fsp3) is 0.379. The number of fused-ring (bicyclic) bond motifs is 1. The van der Waals surface area contributed by atoms with E-state index < -0.39 is 18.2 Å². The van der Waals surface area contributed by atoms with Crippen molar-refractivity contribution in [1.82, 2.24) is 15.0 Å². The minimum Gasteiger partial charge on any atom is -0.487 e. The van der Waals surface area contributed by atoms with E-state index in [2.05, 4.69) is 21.1 Å². The Morgan fingerprint density at radius 2 is 1.85 bits per heavy atom. The van der Waals surface area contributed by atoms with Crippen molar-refractivity contribution in [3.05, 3.63) is 65.5 Å². The van der Waals surface area contributed by atoms with Gasteiger partial charge in [-0.2, -0.15) is 0 Å². The topological polar surface area (TPSA) is 149 Å². The average Bonchev–Trinajstić information content (AvgIpc) is 3.27. The average molecular weight is 565 g/mol. The second-order valence-electron chi connectivity index (χ2n) is 10.3. The molecule has 0 spiro atoms. The first-order chi connectivity index (χ1) is 19.6. The Morgan fingerprint density at radius 3 is 2.51 bits per heavy atom. The number of para-hydroxylation sites is 1. The van der Waals surface area contributed by atoms with E-state index in [1.807, 2.05) is 25.1 Å². The minimum absolute atomic E-state index is 0.174. The van der Waals surface area contributed by atoms with Crippen LogP contribution in [0.25, 0.3) is 0 Å². The number of aliphatic hydroxyl groups excluding tert-OH is 1. The van der Waals surface area contributed by atoms with Crippen LogP contribution in [-0.2, 0) is 0 Å². The van der Waals surface area contributed by atoms with Crippen molar-refractivity contribution < 1.29 is 28.8 Å². The maximum absolute atomic E-state index is 13.7. The third kappa shape index (κ3) is 6.95. The van der Waals surface area contributed by atoms with Crippen molar-refractivity contribution in [2.24, 2.45) is 5.92 Å². The molecule has 3 atom stereocenters. The summed E-state index contributed by atoms with van der Waals surface area (Å²) in [5, 5.41) is 22.0. The van der Waals surface area contributed by atoms with Crippen LogP contribution in [0, 0.1) is 19.8 Å². The molecule has 12 heteroatoms. The number of hydrogen-bond acceptors (Lipinski definition) is 7. The number of aliphatic hydroxyl groups is 1. The summed E-state index contributed by atoms with van der Waals surface area (Å²) in [4.78, 5) is 42.4. The van der Waals surface area contributed by atoms with Gasteiger partial charge in [-0.15, -0.1) is 0 Å². The number of urea groups is 2. The molecular formula is C29H36N6O6. The fourth-order valence-corrected chi connectivity index (χ4v) is 4.55. The van der Waals surface area contributed by atoms with Crippen LogP contribution < -0.4 is 20.7 Å². The highest BCUT2D eigenvalue weighted by Crippen LogP contribution is 2.31. The summed E-state index contributed by atoms with van der Waals surface area (Å²) in [6.45, 7) is 7.42. The lowest BCUT2D eigenvalue weighted by Crippen LogP contribution is -2.50. The smallest absolute Gasteiger partial charge is 0.323 e. The number of rotatable bonds is 7. The largest absolute Gasteiger partial charge is 0.487 e. The number of hydrogen-bond donors (Lipinski definition) is 4. The molecule has 0 saturated heterocycles. The number of ether oxygens (including phenoxy) is 1. The molecule has 0 radical (unpaired) electrons. The van der Waals surface area contributed by atoms with Crippen LogP contribution in [0.1, 0.15) is 35.7 Å². The normalized spacial score (nSPS) is 17.4. The summed E-state index contributed by atoms with van der Waals surface area (Å²) >= 11 is 0. The molecule has 12 nitrogen and oxygen atoms in total. The van der Waals surface area contributed by atoms with Gasteiger partial charge in [0.25, 0.3) is 5.91 Å². The predicted molar refractivity (Wildman–Crippen MR) is 154 cm³/mol. The molecule has 2 aromatic carbocycles. The van der Waals surface area contributed by atoms with Crippen molar-refractivity contribution in [1.29, 1.82) is 0 Å². The lowest BCUT2D eigenvalue weighted by atomic mass is 9.99. The molecule has 1 aliphatic rings. The van der Waals surface area contributed by atoms with Crippen molar-refractivity contribution in [3.63, 3.8) is 0 Å². The van der Waals surface area contributed by atoms with E-state index in [4.69, 9.17) is 9.26 Å². The van der Waals surface area contributed by atoms with E-state index in [9.17, 15) is 19.5 Å². The summed E-state index contributed by atoms with van der Waals surface area (Å²) in [6, 6.07) is 12.7. The molecule has 4 N–H and O–H groups in total. The summed E-state index contributed by atoms with van der Waals surface area (Å²) in [5.41, 5.74) is 2.28. The Bertz CT molecular complexity index is 1370. The Hall–Kier alpha value is -4.58. The van der Waals surface area contributed by atoms with Crippen molar-refractivity contribution in [2.45, 2.75) is 39.8 Å². The van der Waals surface area contributed by atoms with E-state index in [1.165, 1.54) is 4.90 Å². The minimum atomic E-state index is -0.531. The van der Waals surface area contributed by atoms with Crippen LogP contribution in [0.4, 0.5) is 26.7 Å². The molecule has 0 aliphatic carbocycles. The molecule has 5 amide bonds. The number of aromatic nitrogens is 1. The molecule has 218 valence electrons. The van der Waals surface area contributed by atoms with Gasteiger partial charge in [-0.05, 0) is 51.1 Å². The molecule has 3 aromatic rings. The number of nitrogens with zero attached hydrogens (tertiary/aromatic N) is 3. The Morgan fingerprint density at radius 1 is 1.12 bits per heavy atom. The number of anilines is 3. The van der Waals surface area contributed by atoms with E-state index >= 15 is 0 Å². The van der Waals surface area contributed by atoms with Crippen LogP contribution in [0.5, 0.6) is 5.75 Å². The highest BCUT2D eigenvalue weighted by molar-refractivity contribution is 6.03. The molecule has 0 saturated carbocycles. The quantitative estimate of drug-likeness (QED) is 0.334. The first-order valence-corrected chi connectivity index (χ1v) is 13.4. The number of amides is 5. The molecule has 1 aliphatic heterocycles. The van der Waals surface area contributed by atoms with Gasteiger partial charge < -0.3 is 40.1 Å². The highest BCUT2D eigenvalue weighted by Gasteiger charge is 2.34. The molecule has 0 bridgehead atoms. The van der Waals surface area contributed by atoms with Gasteiger partial charge in [0.1, 0.15) is 23.2 Å². The van der Waals surface area contributed by atoms with Crippen LogP contribution in [0.2, 0.25) is 0 Å². The summed E-state index contributed by atoms with van der Waals surface area (Å²) < 4.78 is 11.4. The van der Waals surface area contributed by atoms with Gasteiger partial charge in [0.05, 0.1) is 24.8 Å². The zero-order chi connectivity index (χ0) is 29.7. The SMILES string of the molecule is Cc1noc(C)c1NC(=O)Nc1ccc2c(c1)C(=O)N([C@@H](C)CO)C[C@@H](C)[C@@H](CN(C)C(=O)Nc1ccccc1)O2. The van der Waals surface area contributed by atoms with E-state index in [0.29, 0.717) is 40.8 Å². The number of likely N-dealkylation sites (N-methyl/N-ethyl adjacent to an activating group) is 1. The van der Waals surface area contributed by atoms with Crippen molar-refractivity contribution in [2.75, 3.05) is 42.7 Å². The van der Waals surface area contributed by atoms with Crippen molar-refractivity contribution >= 4 is 35.0 Å². The van der Waals surface area contributed by atoms with Crippen LogP contribution in [0.3, 0.4) is 0 Å². The third-order valence-corrected chi connectivity index (χ3v) is 7.02. The first-order valence-electron chi connectivity index (χ1n) is 13.4. The fourth-order valence-electron chi connectivity index (χ4n) is 4.55. The van der Waals surface area contributed by atoms with Crippen LogP contribution in [-0.4, -0.2) is 76.9 Å². The van der Waals surface area contributed by atoms with Crippen LogP contribution in [0.15, 0.2) is 53.1 Å². The molecular weight excluding hydrogens is 528 g/mol. The van der Waals surface area contributed by atoms with Gasteiger partial charge in [0.15, 0.2) is 5.76 Å². The number of nitrogens with one attached hydrogen (secondary N) is 3. The molecule has 0 unspecified atom stereocenters. The number of carbonyl (C=O) groups excluding carboxylic acids is 3. The van der Waals surface area contributed by atoms with Gasteiger partial charge in [0, 0.05) is 30.9 Å².